The van der Waals surface area contributed by atoms with Crippen LogP contribution in [0.1, 0.15) is 400 Å². The summed E-state index contributed by atoms with van der Waals surface area (Å²) in [4.78, 5) is 72.8. The number of aliphatic hydroxyl groups is 1. The average Bonchev–Trinajstić information content (AvgIpc) is 1.75. The van der Waals surface area contributed by atoms with E-state index < -0.39 is 97.5 Å². The molecule has 0 saturated carbocycles. The number of aliphatic hydroxyl groups excluding tert-OH is 1. The Morgan fingerprint density at radius 2 is 0.426 bits per heavy atom. The maximum atomic E-state index is 13.1. The van der Waals surface area contributed by atoms with Gasteiger partial charge in [-0.3, -0.25) is 37.3 Å². The molecule has 0 fully saturated rings. The molecule has 0 rings (SSSR count). The minimum Gasteiger partial charge on any atom is -0.462 e. The number of phosphoric ester groups is 2. The number of phosphoric acid groups is 2. The third-order valence-corrected chi connectivity index (χ3v) is 19.5. The second-order valence-electron chi connectivity index (χ2n) is 27.0. The highest BCUT2D eigenvalue weighted by atomic mass is 31.2. The Morgan fingerprint density at radius 1 is 0.255 bits per heavy atom. The molecule has 17 nitrogen and oxygen atoms in total. The van der Waals surface area contributed by atoms with Crippen LogP contribution in [-0.2, 0) is 65.4 Å². The van der Waals surface area contributed by atoms with E-state index in [0.717, 1.165) is 89.9 Å². The van der Waals surface area contributed by atoms with Crippen LogP contribution in [0.2, 0.25) is 0 Å². The maximum absolute atomic E-state index is 13.1. The molecular weight excluding hydrogens is 1230 g/mol. The van der Waals surface area contributed by atoms with Crippen LogP contribution < -0.4 is 0 Å². The quantitative estimate of drug-likeness (QED) is 0.0222. The molecule has 0 aliphatic heterocycles. The van der Waals surface area contributed by atoms with Crippen molar-refractivity contribution >= 4 is 39.5 Å². The molecule has 558 valence electrons. The Hall–Kier alpha value is -1.94. The van der Waals surface area contributed by atoms with Gasteiger partial charge in [0.15, 0.2) is 12.2 Å². The van der Waals surface area contributed by atoms with E-state index in [-0.39, 0.29) is 25.7 Å². The zero-order valence-corrected chi connectivity index (χ0v) is 62.7. The Morgan fingerprint density at radius 3 is 0.628 bits per heavy atom. The van der Waals surface area contributed by atoms with Crippen LogP contribution in [0, 0.1) is 0 Å². The summed E-state index contributed by atoms with van der Waals surface area (Å²) in [6.45, 7) is 5.00. The molecule has 5 atom stereocenters. The lowest BCUT2D eigenvalue weighted by atomic mass is 10.0. The summed E-state index contributed by atoms with van der Waals surface area (Å²) in [6, 6.07) is 0. The predicted octanol–water partition coefficient (Wildman–Crippen LogP) is 22.2. The van der Waals surface area contributed by atoms with Gasteiger partial charge in [-0.1, -0.05) is 349 Å². The minimum absolute atomic E-state index is 0.109. The second kappa shape index (κ2) is 69.5. The average molecular weight is 1380 g/mol. The normalized spacial score (nSPS) is 13.9. The molecule has 94 heavy (non-hydrogen) atoms. The van der Waals surface area contributed by atoms with Gasteiger partial charge in [0.25, 0.3) is 0 Å². The van der Waals surface area contributed by atoms with Crippen molar-refractivity contribution in [2.45, 2.75) is 418 Å². The molecule has 0 bridgehead atoms. The fourth-order valence-electron chi connectivity index (χ4n) is 11.6. The molecule has 3 N–H and O–H groups in total. The number of rotatable bonds is 76. The Labute approximate surface area is 575 Å². The van der Waals surface area contributed by atoms with Gasteiger partial charge in [0.05, 0.1) is 26.4 Å². The van der Waals surface area contributed by atoms with Crippen LogP contribution in [0.3, 0.4) is 0 Å². The Kier molecular flexibility index (Phi) is 68.1. The molecule has 2 unspecified atom stereocenters. The van der Waals surface area contributed by atoms with Gasteiger partial charge >= 0.3 is 39.5 Å². The third-order valence-electron chi connectivity index (χ3n) is 17.6. The van der Waals surface area contributed by atoms with E-state index in [9.17, 15) is 43.2 Å². The first-order valence-corrected chi connectivity index (χ1v) is 42.3. The van der Waals surface area contributed by atoms with Crippen LogP contribution in [-0.4, -0.2) is 96.7 Å². The first-order chi connectivity index (χ1) is 45.7. The number of hydrogen-bond donors (Lipinski definition) is 3. The van der Waals surface area contributed by atoms with Gasteiger partial charge in [-0.2, -0.15) is 0 Å². The van der Waals surface area contributed by atoms with Gasteiger partial charge in [-0.15, -0.1) is 0 Å². The van der Waals surface area contributed by atoms with Crippen molar-refractivity contribution in [3.8, 4) is 0 Å². The Bertz CT molecular complexity index is 1790. The number of carbonyl (C=O) groups excluding carboxylic acids is 4. The lowest BCUT2D eigenvalue weighted by Crippen LogP contribution is -2.30. The highest BCUT2D eigenvalue weighted by Crippen LogP contribution is 2.45. The first-order valence-electron chi connectivity index (χ1n) is 39.3. The van der Waals surface area contributed by atoms with Crippen LogP contribution in [0.4, 0.5) is 0 Å². The zero-order chi connectivity index (χ0) is 69.0. The smallest absolute Gasteiger partial charge is 0.462 e. The SMILES string of the molecule is CCCCCCCCCCCCCCCCCC(=O)O[C@H](COC(=O)CCCCCCCCCCCCCCCC)COP(=O)(O)OC[C@@H](O)COP(=O)(O)OC[C@@H](COC(=O)CCCCCCCCCCCCCC)OC(=O)CCCCCCCCCCCCCCC. The third kappa shape index (κ3) is 68.6. The standard InChI is InChI=1S/C75H146O17P2/c1-5-9-13-17-21-25-29-33-35-38-42-46-50-54-58-62-75(80)92-71(66-86-73(78)60-56-52-48-44-40-37-34-30-26-22-18-14-10-6-2)68-90-94(83,84)88-64-69(76)63-87-93(81,82)89-67-70(65-85-72(77)59-55-51-47-43-39-32-28-24-20-16-12-8-4)91-74(79)61-57-53-49-45-41-36-31-27-23-19-15-11-7-3/h69-71,76H,5-68H2,1-4H3,(H,81,82)(H,83,84)/t69-,70+,71+/m0/s1. The van der Waals surface area contributed by atoms with Gasteiger partial charge in [0.1, 0.15) is 19.3 Å². The van der Waals surface area contributed by atoms with Crippen LogP contribution >= 0.6 is 15.6 Å². The van der Waals surface area contributed by atoms with Gasteiger partial charge in [0.2, 0.25) is 0 Å². The van der Waals surface area contributed by atoms with Crippen LogP contribution in [0.5, 0.6) is 0 Å². The Balaban J connectivity index is 5.26. The molecule has 0 heterocycles. The topological polar surface area (TPSA) is 237 Å². The molecule has 0 aromatic carbocycles. The molecule has 0 amide bonds. The van der Waals surface area contributed by atoms with E-state index >= 15 is 0 Å². The molecule has 0 aromatic rings. The summed E-state index contributed by atoms with van der Waals surface area (Å²) < 4.78 is 68.5. The number of unbranched alkanes of at least 4 members (excludes halogenated alkanes) is 50. The van der Waals surface area contributed by atoms with E-state index in [1.807, 2.05) is 0 Å². The van der Waals surface area contributed by atoms with E-state index in [0.29, 0.717) is 25.7 Å². The lowest BCUT2D eigenvalue weighted by molar-refractivity contribution is -0.161. The largest absolute Gasteiger partial charge is 0.472 e. The highest BCUT2D eigenvalue weighted by Gasteiger charge is 2.30. The van der Waals surface area contributed by atoms with Gasteiger partial charge in [-0.25, -0.2) is 9.13 Å². The molecule has 19 heteroatoms. The van der Waals surface area contributed by atoms with Crippen molar-refractivity contribution in [1.82, 2.24) is 0 Å². The van der Waals surface area contributed by atoms with Crippen molar-refractivity contribution in [3.05, 3.63) is 0 Å². The predicted molar refractivity (Wildman–Crippen MR) is 382 cm³/mol. The van der Waals surface area contributed by atoms with Crippen molar-refractivity contribution in [3.63, 3.8) is 0 Å². The van der Waals surface area contributed by atoms with E-state index in [2.05, 4.69) is 27.7 Å². The van der Waals surface area contributed by atoms with Crippen molar-refractivity contribution in [2.24, 2.45) is 0 Å². The second-order valence-corrected chi connectivity index (χ2v) is 29.9. The van der Waals surface area contributed by atoms with Crippen molar-refractivity contribution in [1.29, 1.82) is 0 Å². The number of esters is 4. The van der Waals surface area contributed by atoms with E-state index in [4.69, 9.17) is 37.0 Å². The lowest BCUT2D eigenvalue weighted by Gasteiger charge is -2.21. The maximum Gasteiger partial charge on any atom is 0.472 e. The molecule has 0 aromatic heterocycles. The van der Waals surface area contributed by atoms with Crippen LogP contribution in [0.15, 0.2) is 0 Å². The number of carbonyl (C=O) groups is 4. The summed E-state index contributed by atoms with van der Waals surface area (Å²) in [7, 11) is -9.91. The van der Waals surface area contributed by atoms with E-state index in [1.54, 1.807) is 0 Å². The number of hydrogen-bond acceptors (Lipinski definition) is 15. The summed E-state index contributed by atoms with van der Waals surface area (Å²) >= 11 is 0. The van der Waals surface area contributed by atoms with Gasteiger partial charge in [0, 0.05) is 25.7 Å². The van der Waals surface area contributed by atoms with Crippen LogP contribution in [0.25, 0.3) is 0 Å². The monoisotopic (exact) mass is 1380 g/mol. The summed E-state index contributed by atoms with van der Waals surface area (Å²) in [5, 5.41) is 10.6. The molecular formula is C75H146O17P2. The van der Waals surface area contributed by atoms with Gasteiger partial charge in [-0.05, 0) is 25.7 Å². The number of ether oxygens (including phenoxy) is 4. The molecule has 0 aliphatic rings. The van der Waals surface area contributed by atoms with Crippen molar-refractivity contribution in [2.75, 3.05) is 39.6 Å². The van der Waals surface area contributed by atoms with Gasteiger partial charge < -0.3 is 33.8 Å². The minimum atomic E-state index is -4.95. The highest BCUT2D eigenvalue weighted by molar-refractivity contribution is 7.47. The fourth-order valence-corrected chi connectivity index (χ4v) is 13.2. The van der Waals surface area contributed by atoms with E-state index in [1.165, 1.54) is 231 Å². The molecule has 0 radical (unpaired) electrons. The fraction of sp³-hybridized carbons (Fsp3) is 0.947. The molecule has 0 aliphatic carbocycles. The summed E-state index contributed by atoms with van der Waals surface area (Å²) in [5.74, 6) is -2.11. The summed E-state index contributed by atoms with van der Waals surface area (Å²) in [6.07, 6.45) is 59.3. The summed E-state index contributed by atoms with van der Waals surface area (Å²) in [5.41, 5.74) is 0. The zero-order valence-electron chi connectivity index (χ0n) is 60.9. The molecule has 0 spiro atoms. The molecule has 0 saturated heterocycles. The van der Waals surface area contributed by atoms with Crippen molar-refractivity contribution < 1.29 is 80.2 Å². The first kappa shape index (κ1) is 92.1.